The predicted octanol–water partition coefficient (Wildman–Crippen LogP) is 3.51. The van der Waals surface area contributed by atoms with Crippen LogP contribution in [0.15, 0.2) is 36.7 Å². The molecule has 0 spiro atoms. The highest BCUT2D eigenvalue weighted by Gasteiger charge is 2.15. The van der Waals surface area contributed by atoms with Gasteiger partial charge in [0.25, 0.3) is 0 Å². The van der Waals surface area contributed by atoms with Crippen molar-refractivity contribution in [2.24, 2.45) is 0 Å². The summed E-state index contributed by atoms with van der Waals surface area (Å²) in [6.07, 6.45) is 4.71. The maximum absolute atomic E-state index is 4.08. The topological polar surface area (TPSA) is 24.9 Å². The molecule has 0 amide bonds. The fourth-order valence-electron chi connectivity index (χ4n) is 2.84. The van der Waals surface area contributed by atoms with Gasteiger partial charge in [0.15, 0.2) is 0 Å². The van der Waals surface area contributed by atoms with Crippen molar-refractivity contribution in [2.75, 3.05) is 7.05 Å². The molecule has 1 N–H and O–H groups in total. The Morgan fingerprint density at radius 2 is 1.63 bits per heavy atom. The lowest BCUT2D eigenvalue weighted by molar-refractivity contribution is 0.585. The van der Waals surface area contributed by atoms with Crippen molar-refractivity contribution in [1.82, 2.24) is 10.3 Å². The lowest BCUT2D eigenvalue weighted by Gasteiger charge is -2.22. The average Bonchev–Trinajstić information content (AvgIpc) is 2.37. The monoisotopic (exact) mass is 254 g/mol. The molecule has 0 fully saturated rings. The van der Waals surface area contributed by atoms with Gasteiger partial charge in [0.1, 0.15) is 0 Å². The van der Waals surface area contributed by atoms with E-state index in [4.69, 9.17) is 0 Å². The van der Waals surface area contributed by atoms with Gasteiger partial charge in [0.05, 0.1) is 0 Å². The van der Waals surface area contributed by atoms with E-state index in [9.17, 15) is 0 Å². The molecule has 1 aromatic carbocycles. The van der Waals surface area contributed by atoms with Gasteiger partial charge in [-0.05, 0) is 68.6 Å². The van der Waals surface area contributed by atoms with Gasteiger partial charge in [-0.2, -0.15) is 0 Å². The fraction of sp³-hybridized carbons (Fsp3) is 0.353. The number of aromatic nitrogens is 1. The molecule has 0 saturated heterocycles. The number of rotatable bonds is 4. The molecule has 19 heavy (non-hydrogen) atoms. The standard InChI is InChI=1S/C17H22N2/c1-12-9-13(2)17(14(3)10-12)16(18-4)11-15-5-7-19-8-6-15/h5-10,16,18H,11H2,1-4H3. The summed E-state index contributed by atoms with van der Waals surface area (Å²) >= 11 is 0. The number of hydrogen-bond acceptors (Lipinski definition) is 2. The summed E-state index contributed by atoms with van der Waals surface area (Å²) in [5.41, 5.74) is 6.80. The Balaban J connectivity index is 2.32. The lowest BCUT2D eigenvalue weighted by atomic mass is 9.91. The molecule has 0 aliphatic carbocycles. The summed E-state index contributed by atoms with van der Waals surface area (Å²) in [7, 11) is 2.03. The molecule has 1 unspecified atom stereocenters. The third-order valence-corrected chi connectivity index (χ3v) is 3.62. The number of aryl methyl sites for hydroxylation is 3. The van der Waals surface area contributed by atoms with Gasteiger partial charge in [0.2, 0.25) is 0 Å². The van der Waals surface area contributed by atoms with Crippen molar-refractivity contribution in [3.8, 4) is 0 Å². The first-order chi connectivity index (χ1) is 9.11. The summed E-state index contributed by atoms with van der Waals surface area (Å²) in [5.74, 6) is 0. The molecule has 0 bridgehead atoms. The molecule has 0 aliphatic heterocycles. The Labute approximate surface area is 115 Å². The second kappa shape index (κ2) is 5.98. The van der Waals surface area contributed by atoms with Crippen molar-refractivity contribution >= 4 is 0 Å². The van der Waals surface area contributed by atoms with Gasteiger partial charge >= 0.3 is 0 Å². The van der Waals surface area contributed by atoms with Gasteiger partial charge < -0.3 is 5.32 Å². The van der Waals surface area contributed by atoms with Gasteiger partial charge in [-0.1, -0.05) is 17.7 Å². The zero-order chi connectivity index (χ0) is 13.8. The Bertz CT molecular complexity index is 523. The first-order valence-electron chi connectivity index (χ1n) is 6.75. The van der Waals surface area contributed by atoms with Gasteiger partial charge in [-0.25, -0.2) is 0 Å². The summed E-state index contributed by atoms with van der Waals surface area (Å²) < 4.78 is 0. The minimum Gasteiger partial charge on any atom is -0.313 e. The van der Waals surface area contributed by atoms with E-state index >= 15 is 0 Å². The zero-order valence-corrected chi connectivity index (χ0v) is 12.2. The number of pyridine rings is 1. The molecule has 1 atom stereocenters. The van der Waals surface area contributed by atoms with Crippen molar-refractivity contribution in [3.63, 3.8) is 0 Å². The van der Waals surface area contributed by atoms with Crippen LogP contribution in [0.2, 0.25) is 0 Å². The Morgan fingerprint density at radius 3 is 2.16 bits per heavy atom. The van der Waals surface area contributed by atoms with Gasteiger partial charge in [-0.15, -0.1) is 0 Å². The van der Waals surface area contributed by atoms with Crippen molar-refractivity contribution in [3.05, 3.63) is 64.5 Å². The van der Waals surface area contributed by atoms with Crippen molar-refractivity contribution in [1.29, 1.82) is 0 Å². The molecule has 1 heterocycles. The highest BCUT2D eigenvalue weighted by Crippen LogP contribution is 2.26. The van der Waals surface area contributed by atoms with Crippen LogP contribution in [0.4, 0.5) is 0 Å². The molecule has 0 radical (unpaired) electrons. The molecular weight excluding hydrogens is 232 g/mol. The van der Waals surface area contributed by atoms with Crippen molar-refractivity contribution in [2.45, 2.75) is 33.2 Å². The highest BCUT2D eigenvalue weighted by atomic mass is 14.9. The number of nitrogens with one attached hydrogen (secondary N) is 1. The first-order valence-corrected chi connectivity index (χ1v) is 6.75. The Hall–Kier alpha value is -1.67. The van der Waals surface area contributed by atoms with Crippen LogP contribution in [0.3, 0.4) is 0 Å². The number of benzene rings is 1. The largest absolute Gasteiger partial charge is 0.313 e. The second-order valence-corrected chi connectivity index (χ2v) is 5.21. The Kier molecular flexibility index (Phi) is 4.33. The molecule has 100 valence electrons. The smallest absolute Gasteiger partial charge is 0.0363 e. The summed E-state index contributed by atoms with van der Waals surface area (Å²) in [5, 5.41) is 3.45. The van der Waals surface area contributed by atoms with Crippen LogP contribution in [0, 0.1) is 20.8 Å². The third-order valence-electron chi connectivity index (χ3n) is 3.62. The summed E-state index contributed by atoms with van der Waals surface area (Å²) in [4.78, 5) is 4.08. The third kappa shape index (κ3) is 3.21. The van der Waals surface area contributed by atoms with E-state index in [0.29, 0.717) is 6.04 Å². The SMILES string of the molecule is CNC(Cc1ccncc1)c1c(C)cc(C)cc1C. The van der Waals surface area contributed by atoms with Crippen LogP contribution in [0.1, 0.15) is 33.9 Å². The molecule has 2 nitrogen and oxygen atoms in total. The van der Waals surface area contributed by atoms with E-state index < -0.39 is 0 Å². The van der Waals surface area contributed by atoms with E-state index in [1.54, 1.807) is 0 Å². The lowest BCUT2D eigenvalue weighted by Crippen LogP contribution is -2.21. The number of nitrogens with zero attached hydrogens (tertiary/aromatic N) is 1. The van der Waals surface area contributed by atoms with Crippen LogP contribution < -0.4 is 5.32 Å². The average molecular weight is 254 g/mol. The molecule has 2 aromatic rings. The normalized spacial score (nSPS) is 12.4. The molecular formula is C17H22N2. The van der Waals surface area contributed by atoms with Crippen LogP contribution >= 0.6 is 0 Å². The van der Waals surface area contributed by atoms with E-state index in [2.05, 4.69) is 55.3 Å². The zero-order valence-electron chi connectivity index (χ0n) is 12.2. The van der Waals surface area contributed by atoms with Crippen molar-refractivity contribution < 1.29 is 0 Å². The van der Waals surface area contributed by atoms with Crippen LogP contribution in [0.25, 0.3) is 0 Å². The van der Waals surface area contributed by atoms with E-state index in [0.717, 1.165) is 6.42 Å². The number of likely N-dealkylation sites (N-methyl/N-ethyl adjacent to an activating group) is 1. The Morgan fingerprint density at radius 1 is 1.05 bits per heavy atom. The van der Waals surface area contributed by atoms with Crippen LogP contribution in [-0.4, -0.2) is 12.0 Å². The van der Waals surface area contributed by atoms with E-state index in [1.165, 1.54) is 27.8 Å². The molecule has 1 aromatic heterocycles. The number of hydrogen-bond donors (Lipinski definition) is 1. The summed E-state index contributed by atoms with van der Waals surface area (Å²) in [6.45, 7) is 6.56. The van der Waals surface area contributed by atoms with Crippen LogP contribution in [0.5, 0.6) is 0 Å². The molecule has 0 saturated carbocycles. The fourth-order valence-corrected chi connectivity index (χ4v) is 2.84. The minimum absolute atomic E-state index is 0.350. The van der Waals surface area contributed by atoms with E-state index in [-0.39, 0.29) is 0 Å². The van der Waals surface area contributed by atoms with Gasteiger partial charge in [0, 0.05) is 18.4 Å². The highest BCUT2D eigenvalue weighted by molar-refractivity contribution is 5.40. The quantitative estimate of drug-likeness (QED) is 0.903. The minimum atomic E-state index is 0.350. The second-order valence-electron chi connectivity index (χ2n) is 5.21. The maximum Gasteiger partial charge on any atom is 0.0363 e. The molecule has 0 aliphatic rings. The summed E-state index contributed by atoms with van der Waals surface area (Å²) in [6, 6.07) is 9.05. The maximum atomic E-state index is 4.08. The molecule has 2 heteroatoms. The predicted molar refractivity (Wildman–Crippen MR) is 80.4 cm³/mol. The first kappa shape index (κ1) is 13.8. The van der Waals surface area contributed by atoms with Gasteiger partial charge in [-0.3, -0.25) is 4.98 Å². The van der Waals surface area contributed by atoms with Crippen LogP contribution in [-0.2, 0) is 6.42 Å². The van der Waals surface area contributed by atoms with E-state index in [1.807, 2.05) is 19.4 Å². The molecule has 2 rings (SSSR count).